The Labute approximate surface area is 437 Å². The fourth-order valence-electron chi connectivity index (χ4n) is 4.87. The molecule has 0 saturated carbocycles. The molecular weight excluding hydrogens is 1070 g/mol. The molecule has 6 rings (SSSR count). The van der Waals surface area contributed by atoms with E-state index in [2.05, 4.69) is 47.1 Å². The van der Waals surface area contributed by atoms with Gasteiger partial charge in [0.2, 0.25) is 0 Å². The van der Waals surface area contributed by atoms with Gasteiger partial charge in [0.05, 0.1) is 41.5 Å². The van der Waals surface area contributed by atoms with E-state index in [0.29, 0.717) is 22.3 Å². The van der Waals surface area contributed by atoms with Crippen LogP contribution in [0.4, 0.5) is 11.6 Å². The Hall–Kier alpha value is -0.375. The van der Waals surface area contributed by atoms with E-state index < -0.39 is 107 Å². The zero-order valence-corrected chi connectivity index (χ0v) is 43.6. The van der Waals surface area contributed by atoms with Crippen molar-refractivity contribution in [1.82, 2.24) is 39.0 Å². The van der Waals surface area contributed by atoms with Crippen LogP contribution in [0.5, 0.6) is 0 Å². The minimum atomic E-state index is -6.56. The number of anilines is 2. The first-order valence-corrected chi connectivity index (χ1v) is 23.2. The van der Waals surface area contributed by atoms with Crippen LogP contribution in [0.2, 0.25) is 0 Å². The number of nitrogens with zero attached hydrogens (tertiary/aromatic N) is 8. The van der Waals surface area contributed by atoms with E-state index in [-0.39, 0.29) is 104 Å². The van der Waals surface area contributed by atoms with Crippen molar-refractivity contribution < 1.29 is 124 Å². The summed E-state index contributed by atoms with van der Waals surface area (Å²) in [6.07, 6.45) is -2.85. The van der Waals surface area contributed by atoms with Crippen LogP contribution >= 0.6 is 39.1 Å². The van der Waals surface area contributed by atoms with Crippen LogP contribution in [-0.2, 0) is 54.3 Å². The van der Waals surface area contributed by atoms with Crippen LogP contribution in [0.3, 0.4) is 0 Å². The predicted molar refractivity (Wildman–Crippen MR) is 202 cm³/mol. The Morgan fingerprint density at radius 1 is 0.597 bits per heavy atom. The number of imidazole rings is 2. The molecule has 2 fully saturated rings. The van der Waals surface area contributed by atoms with Gasteiger partial charge in [-0.05, 0) is 6.92 Å². The van der Waals surface area contributed by atoms with Crippen molar-refractivity contribution in [3.05, 3.63) is 25.3 Å². The van der Waals surface area contributed by atoms with Crippen LogP contribution in [0, 0.1) is 0 Å². The maximum atomic E-state index is 10.7. The average molecular weight is 1100 g/mol. The van der Waals surface area contributed by atoms with E-state index in [1.165, 1.54) is 34.4 Å². The molecular formula is C22H29Mg4N10O26P5. The molecule has 2 saturated heterocycles. The molecule has 356 valence electrons. The number of aliphatic carboxylic acids is 1. The van der Waals surface area contributed by atoms with E-state index in [1.54, 1.807) is 0 Å². The second-order valence-electron chi connectivity index (χ2n) is 11.7. The number of hydrogen-bond acceptors (Lipinski definition) is 34. The molecule has 0 bridgehead atoms. The number of carboxylic acids is 1. The maximum Gasteiger partial charge on any atom is 2.00 e. The Morgan fingerprint density at radius 3 is 1.13 bits per heavy atom. The summed E-state index contributed by atoms with van der Waals surface area (Å²) in [7, 11) is -32.1. The van der Waals surface area contributed by atoms with Crippen LogP contribution in [0.25, 0.3) is 22.3 Å². The molecule has 10 atom stereocenters. The van der Waals surface area contributed by atoms with E-state index >= 15 is 0 Å². The smallest absolute Gasteiger partial charge is 0.790 e. The molecule has 2 aliphatic heterocycles. The van der Waals surface area contributed by atoms with E-state index in [4.69, 9.17) is 41.1 Å². The summed E-state index contributed by atoms with van der Waals surface area (Å²) < 4.78 is 76.3. The number of aliphatic hydroxyl groups is 6. The molecule has 67 heavy (non-hydrogen) atoms. The number of rotatable bonds is 12. The van der Waals surface area contributed by atoms with Gasteiger partial charge in [-0.3, -0.25) is 31.5 Å². The first kappa shape index (κ1) is 68.7. The quantitative estimate of drug-likeness (QED) is 0.0482. The molecule has 45 heteroatoms. The van der Waals surface area contributed by atoms with E-state index in [9.17, 15) is 77.5 Å². The number of carbonyl (C=O) groups excluding carboxylic acids is 1. The number of aromatic nitrogens is 8. The second kappa shape index (κ2) is 28.2. The molecule has 0 radical (unpaired) electrons. The summed E-state index contributed by atoms with van der Waals surface area (Å²) in [6.45, 7) is 0.191. The van der Waals surface area contributed by atoms with E-state index in [0.717, 1.165) is 6.92 Å². The fourth-order valence-corrected chi connectivity index (χ4v) is 9.95. The van der Waals surface area contributed by atoms with Gasteiger partial charge in [0.15, 0.2) is 35.4 Å². The minimum Gasteiger partial charge on any atom is -0.790 e. The monoisotopic (exact) mass is 1100 g/mol. The minimum absolute atomic E-state index is 0. The van der Waals surface area contributed by atoms with Crippen molar-refractivity contribution in [2.75, 3.05) is 24.7 Å². The van der Waals surface area contributed by atoms with Gasteiger partial charge in [-0.25, -0.2) is 38.5 Å². The standard InChI is InChI=1S/2C10H13N5O4.C2H4O2.4Mg.H7O16P5/c2*11-8-5-9(13-2-12-8)15(3-14-5)10-7(18)6(17)4(1-16)19-10;1-2(3)4;;;;;1-17(2,3)13-19(7,8)15-21(11,12)16-20(9,10)14-18(4,5)6/h2*2-4,6-7,10,16-18H,1H2,(H2,11,12,13);1H3,(H,3,4);;;;;(H,7,8)(H,9,10)(H,11,12)(H2,1,2,3)(H2,4,5,6)/q;;;4*+2;/p-8/t2*4-,6-,7-,10-;;;;;;/m11....../s1. The van der Waals surface area contributed by atoms with Gasteiger partial charge in [0.1, 0.15) is 60.3 Å². The number of nitrogen functional groups attached to an aromatic ring is 2. The molecule has 4 aromatic rings. The SMILES string of the molecule is CC(=O)[O-].Nc1ncnc2c1ncn2[C@@H]1O[C@H](CO)[C@@H](O)[C@H]1O.Nc1ncnc2c1ncn2[C@@H]1O[C@H](CO)[C@@H](O)[C@H]1O.O=P([O-])([O-])OP(=O)([O-])OP(=O)([O-])OP(=O)([O-])OP(=O)([O-])[O-].[Mg+2].[Mg+2].[Mg+2].[Mg+2]. The van der Waals surface area contributed by atoms with Gasteiger partial charge in [-0.2, -0.15) is 0 Å². The second-order valence-corrected chi connectivity index (χ2v) is 18.8. The van der Waals surface area contributed by atoms with Crippen LogP contribution in [0.15, 0.2) is 25.3 Å². The molecule has 2 unspecified atom stereocenters. The molecule has 0 spiro atoms. The molecule has 4 aromatic heterocycles. The van der Waals surface area contributed by atoms with E-state index in [1.807, 2.05) is 0 Å². The Morgan fingerprint density at radius 2 is 0.881 bits per heavy atom. The fraction of sp³-hybridized carbons (Fsp3) is 0.500. The molecule has 2 aliphatic rings. The topological polar surface area (TPSA) is 603 Å². The zero-order chi connectivity index (χ0) is 48.0. The molecule has 0 aromatic carbocycles. The van der Waals surface area contributed by atoms with Gasteiger partial charge in [-0.1, -0.05) is 0 Å². The van der Waals surface area contributed by atoms with Gasteiger partial charge in [0, 0.05) is 5.97 Å². The third-order valence-corrected chi connectivity index (χ3v) is 13.6. The third kappa shape index (κ3) is 20.6. The molecule has 36 nitrogen and oxygen atoms in total. The van der Waals surface area contributed by atoms with Gasteiger partial charge < -0.3 is 105 Å². The number of carbonyl (C=O) groups is 1. The number of aliphatic hydroxyl groups excluding tert-OH is 6. The number of hydrogen-bond donors (Lipinski definition) is 8. The van der Waals surface area contributed by atoms with Crippen LogP contribution in [-0.4, -0.2) is 218 Å². The normalized spacial score (nSPS) is 24.9. The van der Waals surface area contributed by atoms with Crippen molar-refractivity contribution >= 4 is 171 Å². The van der Waals surface area contributed by atoms with Gasteiger partial charge in [0.25, 0.3) is 23.5 Å². The maximum absolute atomic E-state index is 10.7. The van der Waals surface area contributed by atoms with Crippen molar-refractivity contribution in [2.24, 2.45) is 0 Å². The molecule has 0 amide bonds. The predicted octanol–water partition coefficient (Wildman–Crippen LogP) is -11.6. The number of carboxylic acid groups (broad SMARTS) is 1. The summed E-state index contributed by atoms with van der Waals surface area (Å²) in [5, 5.41) is 66.4. The van der Waals surface area contributed by atoms with Crippen molar-refractivity contribution in [3.63, 3.8) is 0 Å². The molecule has 0 aliphatic carbocycles. The van der Waals surface area contributed by atoms with Gasteiger partial charge >= 0.3 is 92.2 Å². The number of phosphoric acid groups is 5. The van der Waals surface area contributed by atoms with Crippen molar-refractivity contribution in [1.29, 1.82) is 0 Å². The summed E-state index contributed by atoms with van der Waals surface area (Å²) in [4.78, 5) is 104. The van der Waals surface area contributed by atoms with Crippen molar-refractivity contribution in [2.45, 2.75) is 56.0 Å². The largest absolute Gasteiger partial charge is 2.00 e. The first-order valence-electron chi connectivity index (χ1n) is 15.9. The van der Waals surface area contributed by atoms with Crippen molar-refractivity contribution in [3.8, 4) is 0 Å². The van der Waals surface area contributed by atoms with Gasteiger partial charge in [-0.15, -0.1) is 0 Å². The summed E-state index contributed by atoms with van der Waals surface area (Å²) in [6, 6.07) is 0. The number of fused-ring (bicyclic) bond motifs is 2. The summed E-state index contributed by atoms with van der Waals surface area (Å²) in [5.74, 6) is -0.647. The number of nitrogens with two attached hydrogens (primary N) is 2. The molecule has 10 N–H and O–H groups in total. The Balaban J connectivity index is 0. The zero-order valence-electron chi connectivity index (χ0n) is 33.5. The molecule has 6 heterocycles. The third-order valence-electron chi connectivity index (χ3n) is 7.16. The van der Waals surface area contributed by atoms with Crippen LogP contribution < -0.4 is 50.8 Å². The Kier molecular flexibility index (Phi) is 28.9. The Bertz CT molecular complexity index is 2310. The first-order chi connectivity index (χ1) is 28.8. The number of ether oxygens (including phenoxy) is 2. The summed E-state index contributed by atoms with van der Waals surface area (Å²) in [5.41, 5.74) is 12.9. The van der Waals surface area contributed by atoms with Crippen LogP contribution in [0.1, 0.15) is 19.4 Å². The summed E-state index contributed by atoms with van der Waals surface area (Å²) >= 11 is 0. The average Bonchev–Trinajstić information content (AvgIpc) is 3.87.